The lowest BCUT2D eigenvalue weighted by molar-refractivity contribution is -0.0960. The van der Waals surface area contributed by atoms with Gasteiger partial charge in [0, 0.05) is 18.7 Å². The fraction of sp³-hybridized carbons (Fsp3) is 0.600. The first-order valence-electron chi connectivity index (χ1n) is 7.06. The fourth-order valence-corrected chi connectivity index (χ4v) is 4.42. The largest absolute Gasteiger partial charge is 0.375 e. The van der Waals surface area contributed by atoms with Gasteiger partial charge in [-0.3, -0.25) is 9.78 Å². The molecule has 1 aromatic heterocycles. The van der Waals surface area contributed by atoms with Crippen LogP contribution in [-0.4, -0.2) is 34.5 Å². The van der Waals surface area contributed by atoms with Crippen molar-refractivity contribution >= 4 is 29.1 Å². The summed E-state index contributed by atoms with van der Waals surface area (Å²) in [5, 5.41) is 0.564. The number of thioether (sulfide) groups is 1. The second kappa shape index (κ2) is 6.04. The summed E-state index contributed by atoms with van der Waals surface area (Å²) in [6, 6.07) is 3.46. The van der Waals surface area contributed by atoms with Crippen LogP contribution in [0.5, 0.6) is 0 Å². The summed E-state index contributed by atoms with van der Waals surface area (Å²) in [6.07, 6.45) is 5.32. The molecule has 0 radical (unpaired) electrons. The average Bonchev–Trinajstić information content (AvgIpc) is 2.48. The van der Waals surface area contributed by atoms with Gasteiger partial charge in [0.15, 0.2) is 5.78 Å². The van der Waals surface area contributed by atoms with E-state index in [1.54, 1.807) is 18.3 Å². The van der Waals surface area contributed by atoms with Gasteiger partial charge in [0.05, 0.1) is 10.6 Å². The quantitative estimate of drug-likeness (QED) is 0.782. The minimum absolute atomic E-state index is 0.0422. The third kappa shape index (κ3) is 3.02. The third-order valence-corrected chi connectivity index (χ3v) is 5.46. The van der Waals surface area contributed by atoms with E-state index in [0.717, 1.165) is 37.2 Å². The monoisotopic (exact) mass is 311 g/mol. The van der Waals surface area contributed by atoms with Gasteiger partial charge in [-0.2, -0.15) is 11.8 Å². The topological polar surface area (TPSA) is 39.2 Å². The van der Waals surface area contributed by atoms with Gasteiger partial charge in [-0.15, -0.1) is 0 Å². The maximum absolute atomic E-state index is 12.6. The van der Waals surface area contributed by atoms with E-state index in [0.29, 0.717) is 17.3 Å². The number of ether oxygens (including phenoxy) is 1. The normalized spacial score (nSPS) is 25.6. The molecule has 0 amide bonds. The Morgan fingerprint density at radius 2 is 2.20 bits per heavy atom. The number of nitrogens with zero attached hydrogens (tertiary/aromatic N) is 1. The summed E-state index contributed by atoms with van der Waals surface area (Å²) in [5.74, 6) is 2.46. The number of hydrogen-bond donors (Lipinski definition) is 0. The van der Waals surface area contributed by atoms with Crippen LogP contribution in [0.25, 0.3) is 0 Å². The zero-order valence-corrected chi connectivity index (χ0v) is 12.9. The van der Waals surface area contributed by atoms with Crippen LogP contribution in [0.4, 0.5) is 0 Å². The van der Waals surface area contributed by atoms with Crippen LogP contribution >= 0.6 is 23.4 Å². The van der Waals surface area contributed by atoms with Crippen molar-refractivity contribution in [3.8, 4) is 0 Å². The van der Waals surface area contributed by atoms with E-state index in [1.165, 1.54) is 0 Å². The number of hydrogen-bond acceptors (Lipinski definition) is 4. The predicted octanol–water partition coefficient (Wildman–Crippen LogP) is 3.61. The standard InChI is InChI=1S/C15H18ClNO2S/c16-12-1-2-13(17-10-12)14(18)11-3-6-19-15(9-11)4-7-20-8-5-15/h1-2,10-11H,3-9H2. The van der Waals surface area contributed by atoms with Gasteiger partial charge in [0.2, 0.25) is 0 Å². The summed E-state index contributed by atoms with van der Waals surface area (Å²) in [4.78, 5) is 16.7. The van der Waals surface area contributed by atoms with Crippen molar-refractivity contribution in [1.29, 1.82) is 0 Å². The van der Waals surface area contributed by atoms with E-state index in [-0.39, 0.29) is 17.3 Å². The Kier molecular flexibility index (Phi) is 4.34. The van der Waals surface area contributed by atoms with Crippen LogP contribution in [-0.2, 0) is 4.74 Å². The molecule has 20 heavy (non-hydrogen) atoms. The van der Waals surface area contributed by atoms with Crippen LogP contribution < -0.4 is 0 Å². The number of pyridine rings is 1. The van der Waals surface area contributed by atoms with E-state index < -0.39 is 0 Å². The molecule has 3 heterocycles. The minimum Gasteiger partial charge on any atom is -0.375 e. The molecule has 2 aliphatic rings. The highest BCUT2D eigenvalue weighted by Crippen LogP contribution is 2.40. The van der Waals surface area contributed by atoms with E-state index in [1.807, 2.05) is 11.8 Å². The SMILES string of the molecule is O=C(c1ccc(Cl)cn1)C1CCOC2(CCSCC2)C1. The molecule has 2 fully saturated rings. The van der Waals surface area contributed by atoms with E-state index >= 15 is 0 Å². The van der Waals surface area contributed by atoms with Crippen molar-refractivity contribution in [1.82, 2.24) is 4.98 Å². The Morgan fingerprint density at radius 1 is 1.40 bits per heavy atom. The maximum atomic E-state index is 12.6. The number of carbonyl (C=O) groups excluding carboxylic acids is 1. The summed E-state index contributed by atoms with van der Waals surface area (Å²) in [7, 11) is 0. The molecule has 1 atom stereocenters. The van der Waals surface area contributed by atoms with Gasteiger partial charge in [-0.1, -0.05) is 11.6 Å². The molecule has 2 saturated heterocycles. The van der Waals surface area contributed by atoms with Crippen molar-refractivity contribution in [3.63, 3.8) is 0 Å². The van der Waals surface area contributed by atoms with Gasteiger partial charge < -0.3 is 4.74 Å². The number of Topliss-reactive ketones (excluding diaryl/α,β-unsaturated/α-hetero) is 1. The number of ketones is 1. The highest BCUT2D eigenvalue weighted by atomic mass is 35.5. The molecule has 0 aliphatic carbocycles. The van der Waals surface area contributed by atoms with Crippen LogP contribution in [0.3, 0.4) is 0 Å². The second-order valence-corrected chi connectivity index (χ2v) is 7.22. The Hall–Kier alpha value is -0.580. The molecule has 0 N–H and O–H groups in total. The van der Waals surface area contributed by atoms with Crippen LogP contribution in [0.1, 0.15) is 36.2 Å². The number of halogens is 1. The second-order valence-electron chi connectivity index (χ2n) is 5.56. The molecule has 0 saturated carbocycles. The molecule has 1 aromatic rings. The first-order chi connectivity index (χ1) is 9.69. The number of carbonyl (C=O) groups is 1. The van der Waals surface area contributed by atoms with Crippen molar-refractivity contribution in [2.45, 2.75) is 31.3 Å². The maximum Gasteiger partial charge on any atom is 0.184 e. The zero-order valence-electron chi connectivity index (χ0n) is 11.3. The number of aromatic nitrogens is 1. The van der Waals surface area contributed by atoms with Gasteiger partial charge >= 0.3 is 0 Å². The molecule has 3 rings (SSSR count). The van der Waals surface area contributed by atoms with E-state index in [4.69, 9.17) is 16.3 Å². The Labute approximate surface area is 128 Å². The fourth-order valence-electron chi connectivity index (χ4n) is 3.07. The molecular formula is C15H18ClNO2S. The highest BCUT2D eigenvalue weighted by Gasteiger charge is 2.41. The minimum atomic E-state index is -0.0593. The van der Waals surface area contributed by atoms with Crippen molar-refractivity contribution in [2.75, 3.05) is 18.1 Å². The molecule has 108 valence electrons. The van der Waals surface area contributed by atoms with Crippen molar-refractivity contribution < 1.29 is 9.53 Å². The lowest BCUT2D eigenvalue weighted by Gasteiger charge is -2.42. The van der Waals surface area contributed by atoms with Crippen LogP contribution in [0.15, 0.2) is 18.3 Å². The summed E-state index contributed by atoms with van der Waals surface area (Å²) in [5.41, 5.74) is 0.470. The smallest absolute Gasteiger partial charge is 0.184 e. The predicted molar refractivity (Wildman–Crippen MR) is 81.5 cm³/mol. The molecule has 5 heteroatoms. The van der Waals surface area contributed by atoms with Crippen LogP contribution in [0.2, 0.25) is 5.02 Å². The van der Waals surface area contributed by atoms with Gasteiger partial charge in [0.1, 0.15) is 5.69 Å². The lowest BCUT2D eigenvalue weighted by Crippen LogP contribution is -2.44. The van der Waals surface area contributed by atoms with Crippen molar-refractivity contribution in [3.05, 3.63) is 29.0 Å². The molecule has 0 aromatic carbocycles. The zero-order chi connectivity index (χ0) is 14.0. The Morgan fingerprint density at radius 3 is 2.90 bits per heavy atom. The van der Waals surface area contributed by atoms with Gasteiger partial charge in [-0.05, 0) is 49.3 Å². The highest BCUT2D eigenvalue weighted by molar-refractivity contribution is 7.99. The van der Waals surface area contributed by atoms with Crippen molar-refractivity contribution in [2.24, 2.45) is 5.92 Å². The third-order valence-electron chi connectivity index (χ3n) is 4.25. The molecular weight excluding hydrogens is 294 g/mol. The Balaban J connectivity index is 1.73. The average molecular weight is 312 g/mol. The van der Waals surface area contributed by atoms with Gasteiger partial charge in [0.25, 0.3) is 0 Å². The first kappa shape index (κ1) is 14.4. The molecule has 3 nitrogen and oxygen atoms in total. The first-order valence-corrected chi connectivity index (χ1v) is 8.59. The molecule has 1 unspecified atom stereocenters. The molecule has 1 spiro atoms. The van der Waals surface area contributed by atoms with E-state index in [2.05, 4.69) is 4.98 Å². The van der Waals surface area contributed by atoms with Gasteiger partial charge in [-0.25, -0.2) is 0 Å². The molecule has 2 aliphatic heterocycles. The Bertz CT molecular complexity index is 480. The summed E-state index contributed by atoms with van der Waals surface area (Å²) in [6.45, 7) is 0.689. The molecule has 0 bridgehead atoms. The van der Waals surface area contributed by atoms with Crippen LogP contribution in [0, 0.1) is 5.92 Å². The summed E-state index contributed by atoms with van der Waals surface area (Å²) >= 11 is 7.80. The number of rotatable bonds is 2. The van der Waals surface area contributed by atoms with E-state index in [9.17, 15) is 4.79 Å². The summed E-state index contributed by atoms with van der Waals surface area (Å²) < 4.78 is 6.03. The lowest BCUT2D eigenvalue weighted by atomic mass is 9.79.